The van der Waals surface area contributed by atoms with Crippen LogP contribution in [0.25, 0.3) is 0 Å². The number of rotatable bonds is 3. The number of carboxylic acid groups (broad SMARTS) is 1. The molecule has 4 rings (SSSR count). The van der Waals surface area contributed by atoms with Crippen molar-refractivity contribution in [3.63, 3.8) is 0 Å². The number of hydrogen-bond donors (Lipinski definition) is 1. The van der Waals surface area contributed by atoms with E-state index in [1.54, 1.807) is 0 Å². The van der Waals surface area contributed by atoms with E-state index in [-0.39, 0.29) is 5.92 Å². The van der Waals surface area contributed by atoms with Gasteiger partial charge in [-0.2, -0.15) is 0 Å². The Labute approximate surface area is 153 Å². The Hall–Kier alpha value is -1.30. The van der Waals surface area contributed by atoms with E-state index in [4.69, 9.17) is 16.3 Å². The van der Waals surface area contributed by atoms with Crippen molar-refractivity contribution >= 4 is 23.3 Å². The summed E-state index contributed by atoms with van der Waals surface area (Å²) in [6, 6.07) is 8.49. The van der Waals surface area contributed by atoms with Crippen molar-refractivity contribution in [3.05, 3.63) is 29.3 Å². The minimum absolute atomic E-state index is 0.132. The first-order chi connectivity index (χ1) is 12.1. The zero-order valence-electron chi connectivity index (χ0n) is 14.4. The monoisotopic (exact) mass is 364 g/mol. The SMILES string of the molecule is O=C(O)[C@]12CCOC[C@H]1CN(C1CCN(c3ccc(Cl)cc3)CC1)C2. The highest BCUT2D eigenvalue weighted by atomic mass is 35.5. The molecule has 1 aromatic carbocycles. The van der Waals surface area contributed by atoms with Crippen LogP contribution in [0.3, 0.4) is 0 Å². The maximum Gasteiger partial charge on any atom is 0.311 e. The van der Waals surface area contributed by atoms with E-state index in [0.29, 0.717) is 32.2 Å². The fraction of sp³-hybridized carbons (Fsp3) is 0.632. The minimum atomic E-state index is -0.637. The van der Waals surface area contributed by atoms with Crippen molar-refractivity contribution < 1.29 is 14.6 Å². The first-order valence-electron chi connectivity index (χ1n) is 9.14. The first-order valence-corrected chi connectivity index (χ1v) is 9.52. The molecule has 3 aliphatic rings. The van der Waals surface area contributed by atoms with Crippen molar-refractivity contribution in [3.8, 4) is 0 Å². The summed E-state index contributed by atoms with van der Waals surface area (Å²) in [5.74, 6) is -0.505. The number of fused-ring (bicyclic) bond motifs is 1. The summed E-state index contributed by atoms with van der Waals surface area (Å²) in [6.07, 6.45) is 2.80. The van der Waals surface area contributed by atoms with Crippen LogP contribution in [0, 0.1) is 11.3 Å². The molecule has 0 aliphatic carbocycles. The van der Waals surface area contributed by atoms with Crippen molar-refractivity contribution in [2.75, 3.05) is 44.3 Å². The third-order valence-corrected chi connectivity index (χ3v) is 6.58. The molecule has 136 valence electrons. The Balaban J connectivity index is 1.40. The predicted octanol–water partition coefficient (Wildman–Crippen LogP) is 2.73. The Morgan fingerprint density at radius 1 is 1.24 bits per heavy atom. The third-order valence-electron chi connectivity index (χ3n) is 6.33. The molecule has 25 heavy (non-hydrogen) atoms. The van der Waals surface area contributed by atoms with Crippen LogP contribution in [0.4, 0.5) is 5.69 Å². The third kappa shape index (κ3) is 3.14. The first kappa shape index (κ1) is 17.1. The van der Waals surface area contributed by atoms with Gasteiger partial charge in [-0.1, -0.05) is 11.6 Å². The molecule has 0 unspecified atom stereocenters. The van der Waals surface area contributed by atoms with Crippen LogP contribution >= 0.6 is 11.6 Å². The second kappa shape index (κ2) is 6.78. The second-order valence-electron chi connectivity index (χ2n) is 7.61. The smallest absolute Gasteiger partial charge is 0.311 e. The van der Waals surface area contributed by atoms with Crippen LogP contribution in [0.15, 0.2) is 24.3 Å². The van der Waals surface area contributed by atoms with E-state index in [1.807, 2.05) is 12.1 Å². The number of piperidine rings is 1. The predicted molar refractivity (Wildman–Crippen MR) is 97.3 cm³/mol. The normalized spacial score (nSPS) is 31.1. The lowest BCUT2D eigenvalue weighted by atomic mass is 9.74. The number of carboxylic acids is 1. The van der Waals surface area contributed by atoms with Crippen molar-refractivity contribution in [1.29, 1.82) is 0 Å². The van der Waals surface area contributed by atoms with Crippen LogP contribution in [0.2, 0.25) is 5.02 Å². The summed E-state index contributed by atoms with van der Waals surface area (Å²) < 4.78 is 5.57. The molecular formula is C19H25ClN2O3. The van der Waals surface area contributed by atoms with Crippen LogP contribution < -0.4 is 4.90 Å². The largest absolute Gasteiger partial charge is 0.481 e. The number of hydrogen-bond acceptors (Lipinski definition) is 4. The number of ether oxygens (including phenoxy) is 1. The average Bonchev–Trinajstić information content (AvgIpc) is 3.04. The molecule has 2 atom stereocenters. The molecule has 3 aliphatic heterocycles. The molecule has 3 heterocycles. The topological polar surface area (TPSA) is 53.0 Å². The van der Waals surface area contributed by atoms with Gasteiger partial charge in [-0.25, -0.2) is 0 Å². The number of aliphatic carboxylic acids is 1. The van der Waals surface area contributed by atoms with Gasteiger partial charge < -0.3 is 14.7 Å². The second-order valence-corrected chi connectivity index (χ2v) is 8.04. The fourth-order valence-corrected chi connectivity index (χ4v) is 4.88. The van der Waals surface area contributed by atoms with Gasteiger partial charge in [0.1, 0.15) is 0 Å². The molecule has 0 bridgehead atoms. The van der Waals surface area contributed by atoms with Crippen molar-refractivity contribution in [1.82, 2.24) is 4.90 Å². The molecule has 0 aromatic heterocycles. The van der Waals surface area contributed by atoms with Crippen molar-refractivity contribution in [2.45, 2.75) is 25.3 Å². The lowest BCUT2D eigenvalue weighted by molar-refractivity contribution is -0.157. The molecular weight excluding hydrogens is 340 g/mol. The summed E-state index contributed by atoms with van der Waals surface area (Å²) in [5.41, 5.74) is 0.624. The lowest BCUT2D eigenvalue weighted by Crippen LogP contribution is -2.46. The van der Waals surface area contributed by atoms with Gasteiger partial charge in [0.25, 0.3) is 0 Å². The highest BCUT2D eigenvalue weighted by Gasteiger charge is 2.54. The number of benzene rings is 1. The lowest BCUT2D eigenvalue weighted by Gasteiger charge is -2.38. The van der Waals surface area contributed by atoms with Gasteiger partial charge in [0.05, 0.1) is 12.0 Å². The summed E-state index contributed by atoms with van der Waals surface area (Å²) in [7, 11) is 0. The van der Waals surface area contributed by atoms with Crippen LogP contribution in [0.1, 0.15) is 19.3 Å². The van der Waals surface area contributed by atoms with E-state index in [1.165, 1.54) is 5.69 Å². The number of carbonyl (C=O) groups is 1. The van der Waals surface area contributed by atoms with Crippen molar-refractivity contribution in [2.24, 2.45) is 11.3 Å². The Kier molecular flexibility index (Phi) is 4.65. The van der Waals surface area contributed by atoms with Gasteiger partial charge in [-0.3, -0.25) is 9.69 Å². The number of nitrogens with zero attached hydrogens (tertiary/aromatic N) is 2. The van der Waals surface area contributed by atoms with Crippen LogP contribution in [-0.2, 0) is 9.53 Å². The fourth-order valence-electron chi connectivity index (χ4n) is 4.76. The Bertz CT molecular complexity index is 630. The molecule has 3 saturated heterocycles. The van der Waals surface area contributed by atoms with Gasteiger partial charge in [0, 0.05) is 55.5 Å². The minimum Gasteiger partial charge on any atom is -0.481 e. The number of halogens is 1. The van der Waals surface area contributed by atoms with E-state index < -0.39 is 11.4 Å². The Morgan fingerprint density at radius 3 is 2.60 bits per heavy atom. The Morgan fingerprint density at radius 2 is 1.96 bits per heavy atom. The highest BCUT2D eigenvalue weighted by molar-refractivity contribution is 6.30. The zero-order chi connectivity index (χ0) is 17.4. The van der Waals surface area contributed by atoms with Gasteiger partial charge >= 0.3 is 5.97 Å². The van der Waals surface area contributed by atoms with E-state index in [9.17, 15) is 9.90 Å². The van der Waals surface area contributed by atoms with Gasteiger partial charge in [-0.15, -0.1) is 0 Å². The summed E-state index contributed by atoms with van der Waals surface area (Å²) >= 11 is 5.97. The standard InChI is InChI=1S/C19H25ClN2O3/c20-15-1-3-16(4-2-15)21-8-5-17(6-9-21)22-11-14-12-25-10-7-19(14,13-22)18(23)24/h1-4,14,17H,5-13H2,(H,23,24)/t14-,19+/m1/s1. The van der Waals surface area contributed by atoms with Crippen LogP contribution in [-0.4, -0.2) is 61.4 Å². The van der Waals surface area contributed by atoms with Gasteiger partial charge in [0.15, 0.2) is 0 Å². The van der Waals surface area contributed by atoms with E-state index in [2.05, 4.69) is 21.9 Å². The summed E-state index contributed by atoms with van der Waals surface area (Å²) in [4.78, 5) is 16.8. The van der Waals surface area contributed by atoms with Gasteiger partial charge in [0.2, 0.25) is 0 Å². The van der Waals surface area contributed by atoms with Crippen LogP contribution in [0.5, 0.6) is 0 Å². The van der Waals surface area contributed by atoms with Gasteiger partial charge in [-0.05, 0) is 43.5 Å². The number of likely N-dealkylation sites (tertiary alicyclic amines) is 1. The maximum absolute atomic E-state index is 11.9. The average molecular weight is 365 g/mol. The zero-order valence-corrected chi connectivity index (χ0v) is 15.1. The molecule has 1 N–H and O–H groups in total. The molecule has 0 spiro atoms. The quantitative estimate of drug-likeness (QED) is 0.893. The van der Waals surface area contributed by atoms with E-state index in [0.717, 1.165) is 37.5 Å². The molecule has 5 nitrogen and oxygen atoms in total. The summed E-state index contributed by atoms with van der Waals surface area (Å²) in [5, 5.41) is 10.6. The molecule has 0 radical (unpaired) electrons. The van der Waals surface area contributed by atoms with E-state index >= 15 is 0 Å². The highest BCUT2D eigenvalue weighted by Crippen LogP contribution is 2.44. The molecule has 1 aromatic rings. The molecule has 3 fully saturated rings. The molecule has 6 heteroatoms. The number of anilines is 1. The molecule has 0 saturated carbocycles. The molecule has 0 amide bonds. The summed E-state index contributed by atoms with van der Waals surface area (Å²) in [6.45, 7) is 4.71. The maximum atomic E-state index is 11.9.